The molecule has 2 unspecified atom stereocenters. The molecule has 9 nitrogen and oxygen atoms in total. The zero-order chi connectivity index (χ0) is 25.6. The number of nitriles is 1. The summed E-state index contributed by atoms with van der Waals surface area (Å²) in [5.41, 5.74) is 0.938. The molecule has 0 radical (unpaired) electrons. The molecule has 1 amide bonds. The van der Waals surface area contributed by atoms with Crippen LogP contribution < -0.4 is 10.6 Å². The molecule has 1 aromatic rings. The number of hydrogen-bond acceptors (Lipinski definition) is 8. The van der Waals surface area contributed by atoms with Crippen LogP contribution >= 0.6 is 11.6 Å². The molecule has 35 heavy (non-hydrogen) atoms. The van der Waals surface area contributed by atoms with Crippen molar-refractivity contribution in [1.82, 2.24) is 20.4 Å². The van der Waals surface area contributed by atoms with Crippen LogP contribution in [-0.2, 0) is 14.3 Å². The molecule has 1 fully saturated rings. The predicted molar refractivity (Wildman–Crippen MR) is 137 cm³/mol. The van der Waals surface area contributed by atoms with Gasteiger partial charge in [0.2, 0.25) is 5.91 Å². The predicted octanol–water partition coefficient (Wildman–Crippen LogP) is 2.47. The normalized spacial score (nSPS) is 16.0. The van der Waals surface area contributed by atoms with Crippen LogP contribution in [0.2, 0.25) is 5.02 Å². The highest BCUT2D eigenvalue weighted by Crippen LogP contribution is 2.15. The maximum atomic E-state index is 12.6. The van der Waals surface area contributed by atoms with Crippen LogP contribution in [-0.4, -0.2) is 80.3 Å². The average molecular weight is 501 g/mol. The van der Waals surface area contributed by atoms with Crippen molar-refractivity contribution >= 4 is 23.2 Å². The Morgan fingerprint density at radius 3 is 2.80 bits per heavy atom. The van der Waals surface area contributed by atoms with E-state index in [-0.39, 0.29) is 24.8 Å². The fraction of sp³-hybridized carbons (Fsp3) is 0.400. The summed E-state index contributed by atoms with van der Waals surface area (Å²) in [6.45, 7) is 7.46. The number of nitrogens with one attached hydrogen (secondary N) is 3. The molecule has 0 saturated carbocycles. The maximum Gasteiger partial charge on any atom is 0.249 e. The number of allylic oxidation sites excluding steroid dienone is 4. The molecule has 3 N–H and O–H groups in total. The summed E-state index contributed by atoms with van der Waals surface area (Å²) in [7, 11) is 1.64. The summed E-state index contributed by atoms with van der Waals surface area (Å²) < 4.78 is 11.0. The van der Waals surface area contributed by atoms with E-state index in [1.807, 2.05) is 25.2 Å². The quantitative estimate of drug-likeness (QED) is 0.0683. The van der Waals surface area contributed by atoms with Gasteiger partial charge in [-0.05, 0) is 36.8 Å². The minimum Gasteiger partial charge on any atom is -0.492 e. The molecule has 1 saturated heterocycles. The average Bonchev–Trinajstić information content (AvgIpc) is 2.87. The zero-order valence-electron chi connectivity index (χ0n) is 20.2. The highest BCUT2D eigenvalue weighted by molar-refractivity contribution is 6.30. The van der Waals surface area contributed by atoms with Gasteiger partial charge >= 0.3 is 0 Å². The van der Waals surface area contributed by atoms with Gasteiger partial charge in [-0.15, -0.1) is 0 Å². The monoisotopic (exact) mass is 500 g/mol. The number of nitrogens with zero attached hydrogens (tertiary/aromatic N) is 3. The molecule has 0 aliphatic carbocycles. The maximum absolute atomic E-state index is 12.6. The first-order valence-electron chi connectivity index (χ1n) is 11.3. The van der Waals surface area contributed by atoms with E-state index in [9.17, 15) is 10.1 Å². The molecule has 188 valence electrons. The minimum atomic E-state index is -0.559. The Labute approximate surface area is 212 Å². The highest BCUT2D eigenvalue weighted by atomic mass is 35.5. The molecule has 2 rings (SSSR count). The molecule has 1 aliphatic rings. The van der Waals surface area contributed by atoms with Crippen molar-refractivity contribution < 1.29 is 14.3 Å². The zero-order valence-corrected chi connectivity index (χ0v) is 20.9. The first kappa shape index (κ1) is 28.1. The second-order valence-electron chi connectivity index (χ2n) is 7.70. The third kappa shape index (κ3) is 8.85. The van der Waals surface area contributed by atoms with Crippen molar-refractivity contribution in [2.24, 2.45) is 0 Å². The Bertz CT molecular complexity index is 957. The topological polar surface area (TPSA) is 114 Å². The molecular formula is C25H33ClN6O3. The Morgan fingerprint density at radius 1 is 1.43 bits per heavy atom. The van der Waals surface area contributed by atoms with Gasteiger partial charge in [-0.2, -0.15) is 5.26 Å². The van der Waals surface area contributed by atoms with E-state index >= 15 is 0 Å². The van der Waals surface area contributed by atoms with Crippen LogP contribution in [0.15, 0.2) is 60.9 Å². The highest BCUT2D eigenvalue weighted by Gasteiger charge is 2.31. The van der Waals surface area contributed by atoms with E-state index in [4.69, 9.17) is 26.5 Å². The van der Waals surface area contributed by atoms with Crippen LogP contribution in [0.1, 0.15) is 12.5 Å². The Balaban J connectivity index is 2.08. The second-order valence-corrected chi connectivity index (χ2v) is 8.14. The summed E-state index contributed by atoms with van der Waals surface area (Å²) >= 11 is 6.00. The van der Waals surface area contributed by atoms with Crippen LogP contribution in [0.5, 0.6) is 0 Å². The summed E-state index contributed by atoms with van der Waals surface area (Å²) in [4.78, 5) is 15.6. The Kier molecular flexibility index (Phi) is 12.0. The van der Waals surface area contributed by atoms with Gasteiger partial charge in [0, 0.05) is 31.7 Å². The fourth-order valence-electron chi connectivity index (χ4n) is 3.41. The fourth-order valence-corrected chi connectivity index (χ4v) is 3.53. The van der Waals surface area contributed by atoms with Gasteiger partial charge in [0.15, 0.2) is 6.19 Å². The van der Waals surface area contributed by atoms with E-state index in [1.54, 1.807) is 42.3 Å². The number of benzene rings is 1. The van der Waals surface area contributed by atoms with Crippen molar-refractivity contribution in [3.8, 4) is 6.19 Å². The number of morpholine rings is 1. The van der Waals surface area contributed by atoms with Crippen LogP contribution in [0.25, 0.3) is 0 Å². The lowest BCUT2D eigenvalue weighted by molar-refractivity contribution is -0.144. The number of halogens is 1. The number of carbonyl (C=O) groups is 1. The number of amides is 1. The lowest BCUT2D eigenvalue weighted by Crippen LogP contribution is -2.59. The second kappa shape index (κ2) is 15.0. The van der Waals surface area contributed by atoms with Gasteiger partial charge in [-0.1, -0.05) is 42.5 Å². The van der Waals surface area contributed by atoms with Crippen molar-refractivity contribution in [3.63, 3.8) is 0 Å². The van der Waals surface area contributed by atoms with Crippen molar-refractivity contribution in [2.75, 3.05) is 46.5 Å². The number of rotatable bonds is 14. The van der Waals surface area contributed by atoms with Crippen molar-refractivity contribution in [1.29, 1.82) is 10.7 Å². The molecule has 1 aromatic carbocycles. The third-order valence-electron chi connectivity index (χ3n) is 5.30. The smallest absolute Gasteiger partial charge is 0.249 e. The minimum absolute atomic E-state index is 0.0200. The SMILES string of the molecule is C=C/C(=C\C=C/C)OCCNC(NCC(C(=N)c1ccc(Cl)cc1)N1CCOCC1=O)N(C)C#N. The first-order chi connectivity index (χ1) is 16.9. The van der Waals surface area contributed by atoms with Crippen LogP contribution in [0, 0.1) is 16.9 Å². The van der Waals surface area contributed by atoms with Gasteiger partial charge < -0.3 is 19.8 Å². The molecular weight excluding hydrogens is 468 g/mol. The molecule has 1 heterocycles. The van der Waals surface area contributed by atoms with E-state index in [0.717, 1.165) is 0 Å². The van der Waals surface area contributed by atoms with Gasteiger partial charge in [0.05, 0.1) is 18.4 Å². The lowest BCUT2D eigenvalue weighted by atomic mass is 10.0. The molecule has 0 aromatic heterocycles. The summed E-state index contributed by atoms with van der Waals surface area (Å²) in [6, 6.07) is 6.39. The summed E-state index contributed by atoms with van der Waals surface area (Å²) in [5.74, 6) is 0.462. The summed E-state index contributed by atoms with van der Waals surface area (Å²) in [6.07, 6.45) is 8.76. The van der Waals surface area contributed by atoms with Crippen molar-refractivity contribution in [3.05, 3.63) is 71.5 Å². The van der Waals surface area contributed by atoms with Crippen LogP contribution in [0.4, 0.5) is 0 Å². The van der Waals surface area contributed by atoms with E-state index in [0.29, 0.717) is 42.6 Å². The molecule has 0 bridgehead atoms. The van der Waals surface area contributed by atoms with Crippen molar-refractivity contribution in [2.45, 2.75) is 19.3 Å². The molecule has 10 heteroatoms. The van der Waals surface area contributed by atoms with Gasteiger partial charge in [-0.25, -0.2) is 0 Å². The molecule has 1 aliphatic heterocycles. The van der Waals surface area contributed by atoms with E-state index in [1.165, 1.54) is 4.90 Å². The van der Waals surface area contributed by atoms with E-state index in [2.05, 4.69) is 23.4 Å². The summed E-state index contributed by atoms with van der Waals surface area (Å²) in [5, 5.41) is 25.3. The van der Waals surface area contributed by atoms with Crippen LogP contribution in [0.3, 0.4) is 0 Å². The van der Waals surface area contributed by atoms with Gasteiger partial charge in [0.1, 0.15) is 25.3 Å². The number of carbonyl (C=O) groups excluding carboxylic acids is 1. The standard InChI is InChI=1S/C25H33ClN6O3/c1-4-6-7-21(5-2)35-14-12-29-25(31(3)18-27)30-16-22(32-13-15-34-17-23(32)33)24(28)19-8-10-20(26)11-9-19/h4-11,22,25,28-30H,2,12-17H2,1,3H3/b6-4-,21-7+,28-24?. The van der Waals surface area contributed by atoms with Gasteiger partial charge in [0.25, 0.3) is 0 Å². The largest absolute Gasteiger partial charge is 0.492 e. The molecule has 0 spiro atoms. The number of ether oxygens (including phenoxy) is 2. The van der Waals surface area contributed by atoms with Gasteiger partial charge in [-0.3, -0.25) is 20.3 Å². The Hall–Kier alpha value is -3.16. The lowest BCUT2D eigenvalue weighted by Gasteiger charge is -2.36. The Morgan fingerprint density at radius 2 is 2.17 bits per heavy atom. The third-order valence-corrected chi connectivity index (χ3v) is 5.55. The number of hydrogen-bond donors (Lipinski definition) is 3. The first-order valence-corrected chi connectivity index (χ1v) is 11.7. The van der Waals surface area contributed by atoms with E-state index < -0.39 is 12.3 Å². The molecule has 2 atom stereocenters.